The van der Waals surface area contributed by atoms with Crippen LogP contribution in [0.1, 0.15) is 74.9 Å². The summed E-state index contributed by atoms with van der Waals surface area (Å²) in [5.41, 5.74) is 5.95. The van der Waals surface area contributed by atoms with Crippen LogP contribution < -0.4 is 25.0 Å². The van der Waals surface area contributed by atoms with E-state index >= 15 is 0 Å². The molecular weight excluding hydrogens is 901 g/mol. The monoisotopic (exact) mass is 960 g/mol. The van der Waals surface area contributed by atoms with Crippen LogP contribution in [0.15, 0.2) is 59.7 Å². The number of piperidine rings is 1. The standard InChI is InChI=1S/C50H60N10O10/c1-32-6-5-18-70-49-37(29-51-56(49)3)39-28-35(26-33(2)52-39)45(62)55-50-53-38-10-9-34(27-41(38)59(50)30-32)31-58-15-13-57(14-16-58)17-19-66-20-21-67-22-23-68-24-25-69-42-8-4-7-36-44(42)48(65)60(47(36)64)40-11-12-43(61)54-46(40)63/h4,7-10,26-29,32,40H,5-6,11-25,30-31H2,1-3H3,(H,53,55,62)(H,54,61,63)/t32-,40?/m1/s1. The molecule has 0 aliphatic carbocycles. The molecule has 0 saturated carbocycles. The number of amides is 5. The van der Waals surface area contributed by atoms with Crippen LogP contribution in [0.4, 0.5) is 11.4 Å². The van der Waals surface area contributed by atoms with E-state index in [0.717, 1.165) is 73.9 Å². The highest BCUT2D eigenvalue weighted by atomic mass is 16.6. The Morgan fingerprint density at radius 2 is 1.57 bits per heavy atom. The summed E-state index contributed by atoms with van der Waals surface area (Å²) in [5.74, 6) is -0.947. The van der Waals surface area contributed by atoms with E-state index < -0.39 is 29.7 Å². The lowest BCUT2D eigenvalue weighted by Crippen LogP contribution is -2.54. The van der Waals surface area contributed by atoms with Crippen molar-refractivity contribution in [1.29, 1.82) is 0 Å². The van der Waals surface area contributed by atoms with Gasteiger partial charge in [0.2, 0.25) is 23.7 Å². The third kappa shape index (κ3) is 11.1. The van der Waals surface area contributed by atoms with Gasteiger partial charge in [-0.1, -0.05) is 19.1 Å². The van der Waals surface area contributed by atoms with Crippen LogP contribution in [0.5, 0.6) is 11.6 Å². The Hall–Kier alpha value is -6.58. The summed E-state index contributed by atoms with van der Waals surface area (Å²) in [6.07, 6.45) is 3.65. The Labute approximate surface area is 406 Å². The molecule has 4 aromatic rings. The van der Waals surface area contributed by atoms with Crippen LogP contribution >= 0.6 is 0 Å². The number of anilines is 2. The lowest BCUT2D eigenvalue weighted by atomic mass is 10.0. The summed E-state index contributed by atoms with van der Waals surface area (Å²) < 4.78 is 30.9. The molecule has 5 aliphatic heterocycles. The van der Waals surface area contributed by atoms with Gasteiger partial charge < -0.3 is 33.9 Å². The number of ether oxygens (including phenoxy) is 5. The van der Waals surface area contributed by atoms with E-state index in [1.165, 1.54) is 11.6 Å². The molecule has 0 radical (unpaired) electrons. The molecule has 2 fully saturated rings. The second kappa shape index (κ2) is 22.0. The van der Waals surface area contributed by atoms with Gasteiger partial charge in [-0.2, -0.15) is 10.1 Å². The highest BCUT2D eigenvalue weighted by Gasteiger charge is 2.46. The summed E-state index contributed by atoms with van der Waals surface area (Å²) in [6, 6.07) is 13.7. The number of carbonyl (C=O) groups excluding carboxylic acids is 5. The molecule has 5 amide bonds. The van der Waals surface area contributed by atoms with Crippen LogP contribution in [-0.4, -0.2) is 163 Å². The van der Waals surface area contributed by atoms with Gasteiger partial charge in [-0.05, 0) is 74.1 Å². The Kier molecular flexibility index (Phi) is 15.2. The predicted molar refractivity (Wildman–Crippen MR) is 257 cm³/mol. The van der Waals surface area contributed by atoms with Crippen LogP contribution in [0.3, 0.4) is 0 Å². The van der Waals surface area contributed by atoms with E-state index in [1.54, 1.807) is 35.1 Å². The summed E-state index contributed by atoms with van der Waals surface area (Å²) in [7, 11) is 1.85. The molecule has 2 aromatic carbocycles. The molecular formula is C50H60N10O10. The van der Waals surface area contributed by atoms with Gasteiger partial charge in [0, 0.05) is 70.5 Å². The SMILES string of the molecule is Cc1cc2cc(n1)-c1cnn(C)c1OCCC[C@@H](C)CN1/C(=N/C2=O)Nc2ccc(CN3CCN(CCOCCOCCOCCOc4cccc5c4C(=O)N(C4CCC(=O)NC4=O)C5=O)CC3)cc21. The first-order valence-electron chi connectivity index (χ1n) is 24.1. The fraction of sp³-hybridized carbons (Fsp3) is 0.480. The number of carbonyl (C=O) groups is 5. The summed E-state index contributed by atoms with van der Waals surface area (Å²) in [5, 5.41) is 10.1. The first-order valence-corrected chi connectivity index (χ1v) is 24.1. The van der Waals surface area contributed by atoms with Crippen LogP contribution in [0.2, 0.25) is 0 Å². The van der Waals surface area contributed by atoms with Crippen LogP contribution in [-0.2, 0) is 37.4 Å². The van der Waals surface area contributed by atoms with Gasteiger partial charge in [-0.3, -0.25) is 49.0 Å². The van der Waals surface area contributed by atoms with Crippen LogP contribution in [0, 0.1) is 12.8 Å². The number of guanidine groups is 1. The number of imide groups is 2. The first-order chi connectivity index (χ1) is 34.0. The lowest BCUT2D eigenvalue weighted by molar-refractivity contribution is -0.136. The first kappa shape index (κ1) is 48.4. The molecule has 20 heteroatoms. The van der Waals surface area contributed by atoms with Crippen molar-refractivity contribution in [1.82, 2.24) is 34.8 Å². The van der Waals surface area contributed by atoms with Crippen molar-refractivity contribution in [2.24, 2.45) is 18.0 Å². The topological polar surface area (TPSA) is 212 Å². The van der Waals surface area contributed by atoms with Crippen molar-refractivity contribution in [3.63, 3.8) is 0 Å². The number of nitrogens with zero attached hydrogens (tertiary/aromatic N) is 8. The normalized spacial score (nSPS) is 20.6. The Bertz CT molecular complexity index is 2650. The Morgan fingerprint density at radius 3 is 2.36 bits per heavy atom. The van der Waals surface area contributed by atoms with E-state index in [4.69, 9.17) is 28.7 Å². The molecule has 2 N–H and O–H groups in total. The molecule has 9 rings (SSSR count). The number of aryl methyl sites for hydroxylation is 2. The smallest absolute Gasteiger partial charge is 0.280 e. The molecule has 2 atom stereocenters. The van der Waals surface area contributed by atoms with Gasteiger partial charge in [0.1, 0.15) is 18.4 Å². The van der Waals surface area contributed by atoms with Gasteiger partial charge in [0.15, 0.2) is 0 Å². The average Bonchev–Trinajstić information content (AvgIpc) is 3.97. The number of pyridine rings is 1. The molecule has 1 unspecified atom stereocenters. The zero-order chi connectivity index (χ0) is 48.7. The molecule has 370 valence electrons. The molecule has 2 saturated heterocycles. The van der Waals surface area contributed by atoms with Gasteiger partial charge in [-0.15, -0.1) is 0 Å². The van der Waals surface area contributed by atoms with Gasteiger partial charge in [0.05, 0.1) is 86.2 Å². The van der Waals surface area contributed by atoms with Crippen molar-refractivity contribution in [3.05, 3.63) is 82.7 Å². The zero-order valence-electron chi connectivity index (χ0n) is 39.9. The number of hydrogen-bond acceptors (Lipinski definition) is 16. The fourth-order valence-electron chi connectivity index (χ4n) is 9.43. The molecule has 0 spiro atoms. The van der Waals surface area contributed by atoms with E-state index in [2.05, 4.69) is 60.5 Å². The third-order valence-corrected chi connectivity index (χ3v) is 13.1. The average molecular weight is 961 g/mol. The fourth-order valence-corrected chi connectivity index (χ4v) is 9.43. The summed E-state index contributed by atoms with van der Waals surface area (Å²) in [6.45, 7) is 13.4. The molecule has 2 aromatic heterocycles. The zero-order valence-corrected chi connectivity index (χ0v) is 39.9. The van der Waals surface area contributed by atoms with Gasteiger partial charge in [0.25, 0.3) is 17.7 Å². The maximum absolute atomic E-state index is 13.8. The third-order valence-electron chi connectivity index (χ3n) is 13.1. The van der Waals surface area contributed by atoms with Crippen molar-refractivity contribution >= 4 is 46.9 Å². The van der Waals surface area contributed by atoms with E-state index in [1.807, 2.05) is 14.0 Å². The Balaban J connectivity index is 0.668. The van der Waals surface area contributed by atoms with E-state index in [-0.39, 0.29) is 48.8 Å². The quantitative estimate of drug-likeness (QED) is 0.121. The number of piperazine rings is 1. The largest absolute Gasteiger partial charge is 0.490 e. The summed E-state index contributed by atoms with van der Waals surface area (Å²) >= 11 is 0. The molecule has 5 aliphatic rings. The number of aliphatic imine (C=N–C) groups is 1. The second-order valence-corrected chi connectivity index (χ2v) is 18.2. The van der Waals surface area contributed by atoms with Crippen molar-refractivity contribution in [3.8, 4) is 22.9 Å². The number of aromatic nitrogens is 3. The molecule has 20 nitrogen and oxygen atoms in total. The minimum absolute atomic E-state index is 0.0488. The highest BCUT2D eigenvalue weighted by Crippen LogP contribution is 2.37. The highest BCUT2D eigenvalue weighted by molar-refractivity contribution is 6.24. The van der Waals surface area contributed by atoms with E-state index in [0.29, 0.717) is 80.9 Å². The number of fused-ring (bicyclic) bond motifs is 8. The molecule has 2 bridgehead atoms. The number of hydrogen-bond donors (Lipinski definition) is 2. The maximum Gasteiger partial charge on any atom is 0.280 e. The van der Waals surface area contributed by atoms with Gasteiger partial charge >= 0.3 is 0 Å². The van der Waals surface area contributed by atoms with E-state index in [9.17, 15) is 24.0 Å². The number of nitrogens with one attached hydrogen (secondary N) is 2. The molecule has 70 heavy (non-hydrogen) atoms. The minimum Gasteiger partial charge on any atom is -0.490 e. The number of rotatable bonds is 16. The van der Waals surface area contributed by atoms with Crippen molar-refractivity contribution in [2.75, 3.05) is 102 Å². The summed E-state index contributed by atoms with van der Waals surface area (Å²) in [4.78, 5) is 81.4. The maximum atomic E-state index is 13.8. The van der Waals surface area contributed by atoms with Crippen molar-refractivity contribution < 1.29 is 47.7 Å². The predicted octanol–water partition coefficient (Wildman–Crippen LogP) is 3.68. The van der Waals surface area contributed by atoms with Gasteiger partial charge in [-0.25, -0.2) is 4.68 Å². The second-order valence-electron chi connectivity index (χ2n) is 18.2. The Morgan fingerprint density at radius 1 is 0.814 bits per heavy atom. The minimum atomic E-state index is -1.04. The molecule has 7 heterocycles. The number of benzene rings is 2. The van der Waals surface area contributed by atoms with Crippen molar-refractivity contribution in [2.45, 2.75) is 52.1 Å². The van der Waals surface area contributed by atoms with Crippen LogP contribution in [0.25, 0.3) is 11.3 Å². The lowest BCUT2D eigenvalue weighted by Gasteiger charge is -2.34.